The van der Waals surface area contributed by atoms with Gasteiger partial charge in [-0.05, 0) is 42.5 Å². The standard InChI is InChI=1S/C24H16FN3O3/c25-19-9-5-4-8-18(19)21-20-22(31-28(21)17-6-2-1-3-7-17)24(30)27(23(20)29)16-12-10-15(14-26)11-13-16/h1-13,20-22H. The number of imide groups is 1. The Bertz CT molecular complexity index is 1210. The quantitative estimate of drug-likeness (QED) is 0.612. The van der Waals surface area contributed by atoms with Crippen LogP contribution in [0, 0.1) is 23.1 Å². The maximum atomic E-state index is 14.8. The minimum atomic E-state index is -1.08. The summed E-state index contributed by atoms with van der Waals surface area (Å²) in [5, 5.41) is 10.5. The second-order valence-corrected chi connectivity index (χ2v) is 7.35. The van der Waals surface area contributed by atoms with Gasteiger partial charge in [0, 0.05) is 5.56 Å². The van der Waals surface area contributed by atoms with E-state index in [1.807, 2.05) is 12.1 Å². The number of nitrogens with zero attached hydrogens (tertiary/aromatic N) is 3. The monoisotopic (exact) mass is 413 g/mol. The molecular formula is C24H16FN3O3. The van der Waals surface area contributed by atoms with E-state index >= 15 is 0 Å². The van der Waals surface area contributed by atoms with E-state index in [-0.39, 0.29) is 5.56 Å². The molecule has 31 heavy (non-hydrogen) atoms. The Labute approximate surface area is 177 Å². The fourth-order valence-electron chi connectivity index (χ4n) is 4.18. The van der Waals surface area contributed by atoms with E-state index in [2.05, 4.69) is 0 Å². The summed E-state index contributed by atoms with van der Waals surface area (Å²) in [4.78, 5) is 33.7. The summed E-state index contributed by atoms with van der Waals surface area (Å²) in [5.41, 5.74) is 1.67. The van der Waals surface area contributed by atoms with Crippen molar-refractivity contribution >= 4 is 23.2 Å². The number of halogens is 1. The van der Waals surface area contributed by atoms with Gasteiger partial charge in [-0.1, -0.05) is 36.4 Å². The van der Waals surface area contributed by atoms with E-state index < -0.39 is 35.7 Å². The van der Waals surface area contributed by atoms with Gasteiger partial charge in [0.25, 0.3) is 5.91 Å². The van der Waals surface area contributed by atoms with Crippen LogP contribution < -0.4 is 9.96 Å². The predicted molar refractivity (Wildman–Crippen MR) is 110 cm³/mol. The highest BCUT2D eigenvalue weighted by Gasteiger charge is 2.60. The smallest absolute Gasteiger partial charge is 0.266 e. The van der Waals surface area contributed by atoms with Gasteiger partial charge in [-0.2, -0.15) is 5.26 Å². The highest BCUT2D eigenvalue weighted by Crippen LogP contribution is 2.48. The van der Waals surface area contributed by atoms with E-state index in [0.717, 1.165) is 4.90 Å². The molecule has 2 saturated heterocycles. The first-order chi connectivity index (χ1) is 15.1. The van der Waals surface area contributed by atoms with Crippen molar-refractivity contribution in [2.24, 2.45) is 5.92 Å². The minimum absolute atomic E-state index is 0.279. The summed E-state index contributed by atoms with van der Waals surface area (Å²) in [6, 6.07) is 22.5. The lowest BCUT2D eigenvalue weighted by Crippen LogP contribution is -2.37. The van der Waals surface area contributed by atoms with Gasteiger partial charge >= 0.3 is 0 Å². The molecule has 7 heteroatoms. The van der Waals surface area contributed by atoms with Gasteiger partial charge in [-0.15, -0.1) is 0 Å². The zero-order chi connectivity index (χ0) is 21.5. The molecular weight excluding hydrogens is 397 g/mol. The molecule has 0 radical (unpaired) electrons. The molecule has 2 aliphatic rings. The highest BCUT2D eigenvalue weighted by molar-refractivity contribution is 6.23. The van der Waals surface area contributed by atoms with Crippen LogP contribution in [0.2, 0.25) is 0 Å². The SMILES string of the molecule is N#Cc1ccc(N2C(=O)C3ON(c4ccccc4)C(c4ccccc4F)C3C2=O)cc1. The molecule has 0 N–H and O–H groups in total. The largest absolute Gasteiger partial charge is 0.273 e. The van der Waals surface area contributed by atoms with Crippen LogP contribution in [0.3, 0.4) is 0 Å². The Hall–Kier alpha value is -4.02. The zero-order valence-corrected chi connectivity index (χ0v) is 16.2. The van der Waals surface area contributed by atoms with Gasteiger partial charge in [0.2, 0.25) is 5.91 Å². The molecule has 0 aromatic heterocycles. The molecule has 3 atom stereocenters. The second-order valence-electron chi connectivity index (χ2n) is 7.35. The number of rotatable bonds is 3. The first kappa shape index (κ1) is 19.0. The van der Waals surface area contributed by atoms with Crippen LogP contribution in [0.15, 0.2) is 78.9 Å². The predicted octanol–water partition coefficient (Wildman–Crippen LogP) is 3.75. The number of hydroxylamine groups is 1. The Kier molecular flexibility index (Phi) is 4.50. The minimum Gasteiger partial charge on any atom is -0.273 e. The lowest BCUT2D eigenvalue weighted by atomic mass is 9.90. The molecule has 5 rings (SSSR count). The summed E-state index contributed by atoms with van der Waals surface area (Å²) in [5.74, 6) is -2.37. The van der Waals surface area contributed by atoms with Gasteiger partial charge < -0.3 is 0 Å². The number of nitriles is 1. The molecule has 0 saturated carbocycles. The number of carbonyl (C=O) groups excluding carboxylic acids is 2. The summed E-state index contributed by atoms with van der Waals surface area (Å²) < 4.78 is 14.8. The normalized spacial score (nSPS) is 22.5. The van der Waals surface area contributed by atoms with Crippen molar-refractivity contribution in [3.8, 4) is 6.07 Å². The van der Waals surface area contributed by atoms with Crippen LogP contribution in [-0.4, -0.2) is 17.9 Å². The Balaban J connectivity index is 1.59. The molecule has 0 aliphatic carbocycles. The van der Waals surface area contributed by atoms with Gasteiger partial charge in [0.1, 0.15) is 11.7 Å². The van der Waals surface area contributed by atoms with Gasteiger partial charge in [-0.3, -0.25) is 14.4 Å². The topological polar surface area (TPSA) is 73.6 Å². The lowest BCUT2D eigenvalue weighted by molar-refractivity contribution is -0.126. The third kappa shape index (κ3) is 2.97. The molecule has 2 fully saturated rings. The number of para-hydroxylation sites is 1. The third-order valence-electron chi connectivity index (χ3n) is 5.60. The molecule has 3 aromatic carbocycles. The van der Waals surface area contributed by atoms with E-state index in [0.29, 0.717) is 16.9 Å². The number of amides is 2. The molecule has 0 bridgehead atoms. The number of hydrogen-bond acceptors (Lipinski definition) is 5. The first-order valence-corrected chi connectivity index (χ1v) is 9.73. The van der Waals surface area contributed by atoms with Crippen LogP contribution >= 0.6 is 0 Å². The van der Waals surface area contributed by atoms with E-state index in [1.54, 1.807) is 54.6 Å². The second kappa shape index (κ2) is 7.35. The van der Waals surface area contributed by atoms with Gasteiger partial charge in [-0.25, -0.2) is 14.4 Å². The van der Waals surface area contributed by atoms with Crippen molar-refractivity contribution in [3.63, 3.8) is 0 Å². The average Bonchev–Trinajstić information content (AvgIpc) is 3.31. The molecule has 2 amide bonds. The molecule has 3 aromatic rings. The van der Waals surface area contributed by atoms with Crippen molar-refractivity contribution in [3.05, 3.63) is 95.8 Å². The van der Waals surface area contributed by atoms with Crippen LogP contribution in [0.5, 0.6) is 0 Å². The van der Waals surface area contributed by atoms with E-state index in [9.17, 15) is 14.0 Å². The van der Waals surface area contributed by atoms with Crippen LogP contribution in [0.1, 0.15) is 17.2 Å². The molecule has 6 nitrogen and oxygen atoms in total. The number of hydrogen-bond donors (Lipinski definition) is 0. The van der Waals surface area contributed by atoms with Crippen molar-refractivity contribution in [2.45, 2.75) is 12.1 Å². The maximum Gasteiger partial charge on any atom is 0.266 e. The summed E-state index contributed by atoms with van der Waals surface area (Å²) >= 11 is 0. The third-order valence-corrected chi connectivity index (χ3v) is 5.60. The van der Waals surface area contributed by atoms with Crippen molar-refractivity contribution in [1.29, 1.82) is 5.26 Å². The fourth-order valence-corrected chi connectivity index (χ4v) is 4.18. The van der Waals surface area contributed by atoms with Crippen molar-refractivity contribution in [1.82, 2.24) is 0 Å². The van der Waals surface area contributed by atoms with Crippen LogP contribution in [0.4, 0.5) is 15.8 Å². The summed E-state index contributed by atoms with van der Waals surface area (Å²) in [6.07, 6.45) is -1.08. The summed E-state index contributed by atoms with van der Waals surface area (Å²) in [6.45, 7) is 0. The van der Waals surface area contributed by atoms with Crippen LogP contribution in [-0.2, 0) is 14.4 Å². The average molecular weight is 413 g/mol. The molecule has 0 spiro atoms. The maximum absolute atomic E-state index is 14.8. The fraction of sp³-hybridized carbons (Fsp3) is 0.125. The molecule has 2 heterocycles. The Morgan fingerprint density at radius 2 is 1.52 bits per heavy atom. The van der Waals surface area contributed by atoms with Crippen LogP contribution in [0.25, 0.3) is 0 Å². The molecule has 152 valence electrons. The van der Waals surface area contributed by atoms with E-state index in [1.165, 1.54) is 23.3 Å². The zero-order valence-electron chi connectivity index (χ0n) is 16.2. The molecule has 3 unspecified atom stereocenters. The highest BCUT2D eigenvalue weighted by atomic mass is 19.1. The lowest BCUT2D eigenvalue weighted by Gasteiger charge is -2.29. The Morgan fingerprint density at radius 3 is 2.19 bits per heavy atom. The first-order valence-electron chi connectivity index (χ1n) is 9.73. The summed E-state index contributed by atoms with van der Waals surface area (Å²) in [7, 11) is 0. The van der Waals surface area contributed by atoms with E-state index in [4.69, 9.17) is 10.1 Å². The number of benzene rings is 3. The van der Waals surface area contributed by atoms with Gasteiger partial charge in [0.05, 0.1) is 29.0 Å². The number of fused-ring (bicyclic) bond motifs is 1. The Morgan fingerprint density at radius 1 is 0.839 bits per heavy atom. The van der Waals surface area contributed by atoms with Crippen molar-refractivity contribution < 1.29 is 18.8 Å². The van der Waals surface area contributed by atoms with Gasteiger partial charge in [0.15, 0.2) is 6.10 Å². The molecule has 2 aliphatic heterocycles. The number of anilines is 2. The number of carbonyl (C=O) groups is 2. The van der Waals surface area contributed by atoms with Crippen molar-refractivity contribution in [2.75, 3.05) is 9.96 Å².